The Balaban J connectivity index is 1.94. The summed E-state index contributed by atoms with van der Waals surface area (Å²) in [5, 5.41) is 6.25. The van der Waals surface area contributed by atoms with E-state index in [1.807, 2.05) is 0 Å². The van der Waals surface area contributed by atoms with Crippen molar-refractivity contribution in [1.29, 1.82) is 0 Å². The van der Waals surface area contributed by atoms with Crippen LogP contribution in [0.5, 0.6) is 0 Å². The summed E-state index contributed by atoms with van der Waals surface area (Å²) in [7, 11) is 0. The van der Waals surface area contributed by atoms with Gasteiger partial charge < -0.3 is 4.84 Å². The smallest absolute Gasteiger partial charge is 0.324 e. The van der Waals surface area contributed by atoms with E-state index >= 15 is 0 Å². The molecule has 0 fully saturated rings. The quantitative estimate of drug-likeness (QED) is 0.820. The van der Waals surface area contributed by atoms with Crippen LogP contribution in [-0.4, -0.2) is 33.0 Å². The highest BCUT2D eigenvalue weighted by molar-refractivity contribution is 6.21. The number of hydrogen-bond acceptors (Lipinski definition) is 6. The fourth-order valence-corrected chi connectivity index (χ4v) is 2.25. The highest BCUT2D eigenvalue weighted by Crippen LogP contribution is 2.23. The number of nitrogens with one attached hydrogen (secondary N) is 1. The molecule has 3 rings (SSSR count). The van der Waals surface area contributed by atoms with E-state index in [9.17, 15) is 19.2 Å². The Bertz CT molecular complexity index is 881. The number of aromatic amines is 1. The molecule has 0 atom stereocenters. The Morgan fingerprint density at radius 1 is 1.09 bits per heavy atom. The van der Waals surface area contributed by atoms with Crippen molar-refractivity contribution < 1.29 is 19.2 Å². The molecule has 1 aromatic carbocycles. The molecule has 0 spiro atoms. The van der Waals surface area contributed by atoms with Crippen LogP contribution in [0.1, 0.15) is 42.3 Å². The van der Waals surface area contributed by atoms with Gasteiger partial charge in [0.15, 0.2) is 0 Å². The van der Waals surface area contributed by atoms with Crippen LogP contribution in [0.25, 0.3) is 0 Å². The average molecular weight is 313 g/mol. The van der Waals surface area contributed by atoms with E-state index in [1.54, 1.807) is 19.1 Å². The number of nitrogens with zero attached hydrogens (tertiary/aromatic N) is 2. The third-order valence-corrected chi connectivity index (χ3v) is 3.61. The number of carbonyl (C=O) groups is 3. The number of carbonyl (C=O) groups excluding carboxylic acids is 3. The SMILES string of the molecule is Cc1n[nH]c(=O)c(C(=O)ON2C(=O)c3ccccc3C2=O)c1C. The summed E-state index contributed by atoms with van der Waals surface area (Å²) in [6.07, 6.45) is 0. The van der Waals surface area contributed by atoms with E-state index in [0.29, 0.717) is 16.3 Å². The molecule has 8 heteroatoms. The monoisotopic (exact) mass is 313 g/mol. The van der Waals surface area contributed by atoms with Gasteiger partial charge in [0.2, 0.25) is 0 Å². The fraction of sp³-hybridized carbons (Fsp3) is 0.133. The van der Waals surface area contributed by atoms with Crippen molar-refractivity contribution in [2.24, 2.45) is 0 Å². The number of amides is 2. The van der Waals surface area contributed by atoms with Crippen molar-refractivity contribution in [1.82, 2.24) is 15.3 Å². The largest absolute Gasteiger partial charge is 0.369 e. The van der Waals surface area contributed by atoms with Gasteiger partial charge in [0.1, 0.15) is 5.56 Å². The lowest BCUT2D eigenvalue weighted by atomic mass is 10.1. The number of rotatable bonds is 2. The molecule has 2 heterocycles. The number of imide groups is 1. The molecule has 1 aliphatic heterocycles. The summed E-state index contributed by atoms with van der Waals surface area (Å²) < 4.78 is 0. The predicted octanol–water partition coefficient (Wildman–Crippen LogP) is 0.755. The molecule has 0 bridgehead atoms. The third-order valence-electron chi connectivity index (χ3n) is 3.61. The minimum absolute atomic E-state index is 0.141. The second-order valence-corrected chi connectivity index (χ2v) is 4.97. The lowest BCUT2D eigenvalue weighted by Gasteiger charge is -2.13. The maximum absolute atomic E-state index is 12.2. The second kappa shape index (κ2) is 5.16. The maximum Gasteiger partial charge on any atom is 0.369 e. The van der Waals surface area contributed by atoms with E-state index in [4.69, 9.17) is 4.84 Å². The lowest BCUT2D eigenvalue weighted by Crippen LogP contribution is -2.35. The Labute approximate surface area is 129 Å². The number of aromatic nitrogens is 2. The zero-order valence-corrected chi connectivity index (χ0v) is 12.2. The minimum atomic E-state index is -1.09. The molecule has 0 saturated carbocycles. The summed E-state index contributed by atoms with van der Waals surface area (Å²) in [4.78, 5) is 53.2. The Morgan fingerprint density at radius 2 is 1.65 bits per heavy atom. The zero-order chi connectivity index (χ0) is 16.7. The van der Waals surface area contributed by atoms with Gasteiger partial charge in [-0.05, 0) is 31.5 Å². The summed E-state index contributed by atoms with van der Waals surface area (Å²) in [6.45, 7) is 3.13. The first-order valence-electron chi connectivity index (χ1n) is 6.67. The number of hydrogen-bond donors (Lipinski definition) is 1. The van der Waals surface area contributed by atoms with Gasteiger partial charge in [0.25, 0.3) is 17.4 Å². The van der Waals surface area contributed by atoms with Crippen LogP contribution in [0.15, 0.2) is 29.1 Å². The van der Waals surface area contributed by atoms with Gasteiger partial charge >= 0.3 is 5.97 Å². The number of aryl methyl sites for hydroxylation is 1. The Kier molecular flexibility index (Phi) is 3.29. The van der Waals surface area contributed by atoms with Crippen LogP contribution in [0, 0.1) is 13.8 Å². The van der Waals surface area contributed by atoms with E-state index in [-0.39, 0.29) is 16.7 Å². The molecular formula is C15H11N3O5. The van der Waals surface area contributed by atoms with Gasteiger partial charge in [0, 0.05) is 0 Å². The Hall–Kier alpha value is -3.29. The molecule has 1 N–H and O–H groups in total. The first-order chi connectivity index (χ1) is 10.9. The molecule has 116 valence electrons. The van der Waals surface area contributed by atoms with E-state index < -0.39 is 23.3 Å². The molecule has 8 nitrogen and oxygen atoms in total. The highest BCUT2D eigenvalue weighted by Gasteiger charge is 2.39. The number of benzene rings is 1. The molecule has 0 saturated heterocycles. The molecule has 23 heavy (non-hydrogen) atoms. The standard InChI is InChI=1S/C15H11N3O5/c1-7-8(2)16-17-12(19)11(7)15(22)23-18-13(20)9-5-3-4-6-10(9)14(18)21/h3-6H,1-2H3,(H,17,19). The summed E-state index contributed by atoms with van der Waals surface area (Å²) >= 11 is 0. The van der Waals surface area contributed by atoms with Gasteiger partial charge in [0.05, 0.1) is 16.8 Å². The van der Waals surface area contributed by atoms with Crippen LogP contribution < -0.4 is 5.56 Å². The maximum atomic E-state index is 12.2. The van der Waals surface area contributed by atoms with E-state index in [2.05, 4.69) is 10.2 Å². The number of H-pyrrole nitrogens is 1. The van der Waals surface area contributed by atoms with Crippen LogP contribution in [0.3, 0.4) is 0 Å². The van der Waals surface area contributed by atoms with Crippen LogP contribution >= 0.6 is 0 Å². The van der Waals surface area contributed by atoms with Crippen molar-refractivity contribution in [2.75, 3.05) is 0 Å². The lowest BCUT2D eigenvalue weighted by molar-refractivity contribution is -0.0586. The van der Waals surface area contributed by atoms with Crippen LogP contribution in [0.2, 0.25) is 0 Å². The Morgan fingerprint density at radius 3 is 2.22 bits per heavy atom. The number of fused-ring (bicyclic) bond motifs is 1. The first kappa shape index (κ1) is 14.6. The molecular weight excluding hydrogens is 302 g/mol. The second-order valence-electron chi connectivity index (χ2n) is 4.97. The summed E-state index contributed by atoms with van der Waals surface area (Å²) in [5.41, 5.74) is -0.0262. The minimum Gasteiger partial charge on any atom is -0.324 e. The molecule has 1 aliphatic rings. The van der Waals surface area contributed by atoms with Gasteiger partial charge in [-0.1, -0.05) is 17.2 Å². The predicted molar refractivity (Wildman–Crippen MR) is 76.7 cm³/mol. The van der Waals surface area contributed by atoms with Crippen molar-refractivity contribution in [3.8, 4) is 0 Å². The average Bonchev–Trinajstić information content (AvgIpc) is 2.77. The van der Waals surface area contributed by atoms with Gasteiger partial charge in [-0.2, -0.15) is 5.10 Å². The summed E-state index contributed by atoms with van der Waals surface area (Å²) in [6, 6.07) is 6.10. The highest BCUT2D eigenvalue weighted by atomic mass is 16.7. The zero-order valence-electron chi connectivity index (χ0n) is 12.2. The molecule has 0 aliphatic carbocycles. The van der Waals surface area contributed by atoms with Crippen molar-refractivity contribution in [2.45, 2.75) is 13.8 Å². The number of hydroxylamine groups is 2. The van der Waals surface area contributed by atoms with Gasteiger partial charge in [-0.15, -0.1) is 0 Å². The molecule has 1 aromatic heterocycles. The van der Waals surface area contributed by atoms with Crippen LogP contribution in [-0.2, 0) is 4.84 Å². The normalized spacial score (nSPS) is 13.2. The molecule has 2 aromatic rings. The fourth-order valence-electron chi connectivity index (χ4n) is 2.25. The van der Waals surface area contributed by atoms with Crippen molar-refractivity contribution in [3.63, 3.8) is 0 Å². The van der Waals surface area contributed by atoms with E-state index in [1.165, 1.54) is 19.1 Å². The molecule has 0 unspecified atom stereocenters. The summed E-state index contributed by atoms with van der Waals surface area (Å²) in [5.74, 6) is -2.60. The third kappa shape index (κ3) is 2.20. The molecule has 2 amide bonds. The van der Waals surface area contributed by atoms with Gasteiger partial charge in [-0.3, -0.25) is 14.4 Å². The van der Waals surface area contributed by atoms with E-state index in [0.717, 1.165) is 0 Å². The molecule has 0 radical (unpaired) electrons. The van der Waals surface area contributed by atoms with Gasteiger partial charge in [-0.25, -0.2) is 9.89 Å². The van der Waals surface area contributed by atoms with Crippen LogP contribution in [0.4, 0.5) is 0 Å². The van der Waals surface area contributed by atoms with Crippen molar-refractivity contribution >= 4 is 17.8 Å². The first-order valence-corrected chi connectivity index (χ1v) is 6.67. The topological polar surface area (TPSA) is 109 Å². The van der Waals surface area contributed by atoms with Crippen molar-refractivity contribution in [3.05, 3.63) is 62.6 Å².